The van der Waals surface area contributed by atoms with Gasteiger partial charge < -0.3 is 4.74 Å². The molecule has 0 aliphatic heterocycles. The van der Waals surface area contributed by atoms with E-state index in [4.69, 9.17) is 4.74 Å². The minimum absolute atomic E-state index is 0.0596. The minimum Gasteiger partial charge on any atom is -0.456 e. The first-order valence-electron chi connectivity index (χ1n) is 4.09. The van der Waals surface area contributed by atoms with E-state index in [0.717, 1.165) is 25.2 Å². The Morgan fingerprint density at radius 1 is 1.64 bits per heavy atom. The van der Waals surface area contributed by atoms with Gasteiger partial charge >= 0.3 is 5.97 Å². The van der Waals surface area contributed by atoms with Crippen molar-refractivity contribution < 1.29 is 9.53 Å². The Kier molecular flexibility index (Phi) is 1.31. The first-order chi connectivity index (χ1) is 5.24. The Morgan fingerprint density at radius 2 is 2.36 bits per heavy atom. The summed E-state index contributed by atoms with van der Waals surface area (Å²) in [5, 5.41) is 0. The van der Waals surface area contributed by atoms with Gasteiger partial charge in [0.05, 0.1) is 0 Å². The molecule has 2 nitrogen and oxygen atoms in total. The van der Waals surface area contributed by atoms with Gasteiger partial charge in [-0.15, -0.1) is 0 Å². The van der Waals surface area contributed by atoms with Crippen molar-refractivity contribution in [1.82, 2.24) is 0 Å². The fourth-order valence-electron chi connectivity index (χ4n) is 2.26. The van der Waals surface area contributed by atoms with Crippen LogP contribution in [0.15, 0.2) is 12.7 Å². The summed E-state index contributed by atoms with van der Waals surface area (Å²) < 4.78 is 5.26. The lowest BCUT2D eigenvalue weighted by atomic mass is 9.80. The molecule has 3 aliphatic rings. The van der Waals surface area contributed by atoms with Gasteiger partial charge in [-0.05, 0) is 31.6 Å². The zero-order valence-corrected chi connectivity index (χ0v) is 6.51. The summed E-state index contributed by atoms with van der Waals surface area (Å²) in [6, 6.07) is 0. The van der Waals surface area contributed by atoms with Gasteiger partial charge in [-0.3, -0.25) is 0 Å². The standard InChI is InChI=1S/C9H12O2/c1-2-8(10)11-9-4-3-7(5-9)6-9/h2,7H,1,3-6H2. The lowest BCUT2D eigenvalue weighted by molar-refractivity contribution is -0.160. The van der Waals surface area contributed by atoms with E-state index in [0.29, 0.717) is 0 Å². The fraction of sp³-hybridized carbons (Fsp3) is 0.667. The van der Waals surface area contributed by atoms with Crippen LogP contribution in [0.1, 0.15) is 25.7 Å². The smallest absolute Gasteiger partial charge is 0.330 e. The van der Waals surface area contributed by atoms with Crippen molar-refractivity contribution in [3.05, 3.63) is 12.7 Å². The SMILES string of the molecule is C=CC(=O)OC12CCC(C1)C2. The maximum atomic E-state index is 10.9. The van der Waals surface area contributed by atoms with Crippen LogP contribution in [0.5, 0.6) is 0 Å². The van der Waals surface area contributed by atoms with Crippen molar-refractivity contribution in [3.63, 3.8) is 0 Å². The van der Waals surface area contributed by atoms with Crippen LogP contribution < -0.4 is 0 Å². The summed E-state index contributed by atoms with van der Waals surface area (Å²) in [5.74, 6) is 0.581. The second-order valence-electron chi connectivity index (χ2n) is 3.62. The van der Waals surface area contributed by atoms with Crippen LogP contribution in [-0.2, 0) is 9.53 Å². The van der Waals surface area contributed by atoms with Gasteiger partial charge in [-0.25, -0.2) is 4.79 Å². The predicted octanol–water partition coefficient (Wildman–Crippen LogP) is 1.66. The monoisotopic (exact) mass is 152 g/mol. The van der Waals surface area contributed by atoms with E-state index in [2.05, 4.69) is 6.58 Å². The Morgan fingerprint density at radius 3 is 2.82 bits per heavy atom. The van der Waals surface area contributed by atoms with Gasteiger partial charge in [0.2, 0.25) is 0 Å². The van der Waals surface area contributed by atoms with Crippen LogP contribution in [0.4, 0.5) is 0 Å². The summed E-state index contributed by atoms with van der Waals surface area (Å²) in [5.41, 5.74) is -0.0596. The van der Waals surface area contributed by atoms with Crippen LogP contribution in [0.3, 0.4) is 0 Å². The molecule has 3 rings (SSSR count). The van der Waals surface area contributed by atoms with E-state index in [-0.39, 0.29) is 11.6 Å². The molecule has 0 spiro atoms. The Bertz CT molecular complexity index is 196. The molecule has 0 aromatic carbocycles. The molecule has 3 saturated carbocycles. The first kappa shape index (κ1) is 6.89. The van der Waals surface area contributed by atoms with Crippen molar-refractivity contribution in [2.45, 2.75) is 31.3 Å². The van der Waals surface area contributed by atoms with Crippen molar-refractivity contribution in [1.29, 1.82) is 0 Å². The quantitative estimate of drug-likeness (QED) is 0.444. The molecule has 3 aliphatic carbocycles. The Balaban J connectivity index is 1.96. The molecule has 0 saturated heterocycles. The summed E-state index contributed by atoms with van der Waals surface area (Å²) >= 11 is 0. The highest BCUT2D eigenvalue weighted by atomic mass is 16.6. The molecule has 0 aromatic rings. The van der Waals surface area contributed by atoms with Crippen LogP contribution in [-0.4, -0.2) is 11.6 Å². The van der Waals surface area contributed by atoms with Gasteiger partial charge in [0.15, 0.2) is 0 Å². The molecule has 0 atom stereocenters. The average molecular weight is 152 g/mol. The second-order valence-corrected chi connectivity index (χ2v) is 3.62. The maximum Gasteiger partial charge on any atom is 0.330 e. The molecule has 0 aromatic heterocycles. The van der Waals surface area contributed by atoms with Crippen molar-refractivity contribution >= 4 is 5.97 Å². The van der Waals surface area contributed by atoms with Gasteiger partial charge in [0, 0.05) is 6.08 Å². The summed E-state index contributed by atoms with van der Waals surface area (Å²) in [4.78, 5) is 10.9. The number of hydrogen-bond donors (Lipinski definition) is 0. The molecule has 0 N–H and O–H groups in total. The molecule has 60 valence electrons. The minimum atomic E-state index is -0.259. The molecule has 0 unspecified atom stereocenters. The molecule has 0 heterocycles. The maximum absolute atomic E-state index is 10.9. The summed E-state index contributed by atoms with van der Waals surface area (Å²) in [6.45, 7) is 3.38. The van der Waals surface area contributed by atoms with Crippen molar-refractivity contribution in [2.75, 3.05) is 0 Å². The fourth-order valence-corrected chi connectivity index (χ4v) is 2.26. The molecule has 2 heteroatoms. The van der Waals surface area contributed by atoms with Gasteiger partial charge in [0.1, 0.15) is 5.60 Å². The molecule has 0 amide bonds. The van der Waals surface area contributed by atoms with E-state index < -0.39 is 0 Å². The molecular formula is C9H12O2. The Hall–Kier alpha value is -0.790. The normalized spacial score (nSPS) is 39.5. The van der Waals surface area contributed by atoms with Crippen LogP contribution in [0, 0.1) is 5.92 Å². The molecule has 0 radical (unpaired) electrons. The third kappa shape index (κ3) is 0.971. The van der Waals surface area contributed by atoms with Crippen molar-refractivity contribution in [3.8, 4) is 0 Å². The molecule has 3 fully saturated rings. The molecule has 11 heavy (non-hydrogen) atoms. The number of esters is 1. The lowest BCUT2D eigenvalue weighted by Gasteiger charge is -2.37. The predicted molar refractivity (Wildman–Crippen MR) is 41.0 cm³/mol. The van der Waals surface area contributed by atoms with Crippen LogP contribution in [0.25, 0.3) is 0 Å². The number of fused-ring (bicyclic) bond motifs is 1. The highest BCUT2D eigenvalue weighted by Crippen LogP contribution is 2.54. The van der Waals surface area contributed by atoms with E-state index in [1.807, 2.05) is 0 Å². The zero-order chi connectivity index (χ0) is 7.90. The third-order valence-electron chi connectivity index (χ3n) is 2.81. The van der Waals surface area contributed by atoms with Gasteiger partial charge in [-0.1, -0.05) is 6.58 Å². The largest absolute Gasteiger partial charge is 0.456 e. The van der Waals surface area contributed by atoms with E-state index in [9.17, 15) is 4.79 Å². The highest BCUT2D eigenvalue weighted by Gasteiger charge is 2.53. The second kappa shape index (κ2) is 2.10. The lowest BCUT2D eigenvalue weighted by Crippen LogP contribution is -2.39. The Labute approximate surface area is 66.2 Å². The zero-order valence-electron chi connectivity index (χ0n) is 6.51. The third-order valence-corrected chi connectivity index (χ3v) is 2.81. The van der Waals surface area contributed by atoms with Crippen LogP contribution >= 0.6 is 0 Å². The van der Waals surface area contributed by atoms with Crippen molar-refractivity contribution in [2.24, 2.45) is 5.92 Å². The number of carbonyl (C=O) groups is 1. The summed E-state index contributed by atoms with van der Waals surface area (Å²) in [7, 11) is 0. The van der Waals surface area contributed by atoms with Gasteiger partial charge in [-0.2, -0.15) is 0 Å². The van der Waals surface area contributed by atoms with Crippen LogP contribution in [0.2, 0.25) is 0 Å². The molecule has 2 bridgehead atoms. The molecular weight excluding hydrogens is 140 g/mol. The van der Waals surface area contributed by atoms with E-state index >= 15 is 0 Å². The topological polar surface area (TPSA) is 26.3 Å². The first-order valence-corrected chi connectivity index (χ1v) is 4.09. The number of rotatable bonds is 2. The highest BCUT2D eigenvalue weighted by molar-refractivity contribution is 5.81. The van der Waals surface area contributed by atoms with Gasteiger partial charge in [0.25, 0.3) is 0 Å². The van der Waals surface area contributed by atoms with E-state index in [1.54, 1.807) is 0 Å². The number of hydrogen-bond acceptors (Lipinski definition) is 2. The average Bonchev–Trinajstić information content (AvgIpc) is 2.45. The summed E-state index contributed by atoms with van der Waals surface area (Å²) in [6.07, 6.45) is 5.74. The number of carbonyl (C=O) groups excluding carboxylic acids is 1. The number of ether oxygens (including phenoxy) is 1. The van der Waals surface area contributed by atoms with E-state index in [1.165, 1.54) is 12.5 Å².